The molecule has 1 rings (SSSR count). The van der Waals surface area contributed by atoms with Crippen molar-refractivity contribution in [2.45, 2.75) is 64.8 Å². The molecule has 0 saturated carbocycles. The van der Waals surface area contributed by atoms with Crippen LogP contribution >= 0.6 is 11.8 Å². The van der Waals surface area contributed by atoms with Crippen LogP contribution in [0.2, 0.25) is 0 Å². The first-order chi connectivity index (χ1) is 7.00. The number of hydrogen-bond acceptors (Lipinski definition) is 2. The average Bonchev–Trinajstić information content (AvgIpc) is 2.25. The second-order valence-electron chi connectivity index (χ2n) is 5.67. The lowest BCUT2D eigenvalue weighted by Crippen LogP contribution is -2.44. The van der Waals surface area contributed by atoms with Gasteiger partial charge in [0.1, 0.15) is 0 Å². The van der Waals surface area contributed by atoms with E-state index < -0.39 is 0 Å². The average molecular weight is 229 g/mol. The van der Waals surface area contributed by atoms with Gasteiger partial charge in [-0.25, -0.2) is 0 Å². The van der Waals surface area contributed by atoms with E-state index in [-0.39, 0.29) is 0 Å². The van der Waals surface area contributed by atoms with Crippen LogP contribution in [0.5, 0.6) is 0 Å². The molecule has 2 heteroatoms. The van der Waals surface area contributed by atoms with Crippen molar-refractivity contribution in [1.82, 2.24) is 5.32 Å². The van der Waals surface area contributed by atoms with Crippen molar-refractivity contribution in [1.29, 1.82) is 0 Å². The molecular formula is C13H27NS. The largest absolute Gasteiger partial charge is 0.310 e. The van der Waals surface area contributed by atoms with E-state index in [0.717, 1.165) is 17.1 Å². The van der Waals surface area contributed by atoms with Gasteiger partial charge in [0.25, 0.3) is 0 Å². The van der Waals surface area contributed by atoms with Gasteiger partial charge in [-0.2, -0.15) is 11.8 Å². The maximum Gasteiger partial charge on any atom is 0.0224 e. The summed E-state index contributed by atoms with van der Waals surface area (Å²) in [5.41, 5.74) is 0. The predicted molar refractivity (Wildman–Crippen MR) is 71.5 cm³/mol. The molecule has 1 fully saturated rings. The molecule has 0 aromatic rings. The third-order valence-electron chi connectivity index (χ3n) is 3.14. The maximum absolute atomic E-state index is 3.82. The van der Waals surface area contributed by atoms with Gasteiger partial charge in [-0.15, -0.1) is 0 Å². The van der Waals surface area contributed by atoms with E-state index in [9.17, 15) is 0 Å². The lowest BCUT2D eigenvalue weighted by Gasteiger charge is -2.31. The second-order valence-corrected chi connectivity index (χ2v) is 6.96. The van der Waals surface area contributed by atoms with Gasteiger partial charge in [-0.1, -0.05) is 27.7 Å². The lowest BCUT2D eigenvalue weighted by molar-refractivity contribution is 0.346. The zero-order valence-corrected chi connectivity index (χ0v) is 11.7. The first kappa shape index (κ1) is 13.4. The fraction of sp³-hybridized carbons (Fsp3) is 1.00. The molecule has 0 spiro atoms. The molecule has 15 heavy (non-hydrogen) atoms. The van der Waals surface area contributed by atoms with E-state index in [1.165, 1.54) is 18.6 Å². The van der Waals surface area contributed by atoms with Crippen molar-refractivity contribution in [3.8, 4) is 0 Å². The third kappa shape index (κ3) is 4.36. The fourth-order valence-corrected chi connectivity index (χ4v) is 3.98. The maximum atomic E-state index is 3.82. The zero-order valence-electron chi connectivity index (χ0n) is 10.9. The minimum Gasteiger partial charge on any atom is -0.310 e. The molecule has 1 aliphatic rings. The Morgan fingerprint density at radius 3 is 2.47 bits per heavy atom. The van der Waals surface area contributed by atoms with Crippen LogP contribution in [0.4, 0.5) is 0 Å². The van der Waals surface area contributed by atoms with Crippen LogP contribution in [0.1, 0.15) is 47.5 Å². The van der Waals surface area contributed by atoms with Crippen LogP contribution in [-0.4, -0.2) is 23.1 Å². The van der Waals surface area contributed by atoms with Crippen LogP contribution in [0, 0.1) is 11.8 Å². The number of nitrogens with one attached hydrogen (secondary N) is 1. The molecule has 1 aliphatic heterocycles. The fourth-order valence-electron chi connectivity index (χ4n) is 2.41. The Hall–Kier alpha value is 0.310. The van der Waals surface area contributed by atoms with Crippen LogP contribution in [-0.2, 0) is 0 Å². The molecule has 1 heterocycles. The van der Waals surface area contributed by atoms with Crippen LogP contribution in [0.25, 0.3) is 0 Å². The summed E-state index contributed by atoms with van der Waals surface area (Å²) in [6.45, 7) is 11.7. The molecule has 90 valence electrons. The van der Waals surface area contributed by atoms with Crippen molar-refractivity contribution in [2.75, 3.05) is 5.75 Å². The zero-order chi connectivity index (χ0) is 11.4. The van der Waals surface area contributed by atoms with E-state index in [0.29, 0.717) is 12.1 Å². The minimum atomic E-state index is 0.699. The van der Waals surface area contributed by atoms with Crippen molar-refractivity contribution in [3.05, 3.63) is 0 Å². The summed E-state index contributed by atoms with van der Waals surface area (Å²) in [7, 11) is 0. The molecule has 3 atom stereocenters. The molecule has 0 radical (unpaired) electrons. The normalized spacial score (nSPS) is 33.4. The summed E-state index contributed by atoms with van der Waals surface area (Å²) < 4.78 is 0. The Morgan fingerprint density at radius 2 is 1.93 bits per heavy atom. The van der Waals surface area contributed by atoms with E-state index in [2.05, 4.69) is 51.7 Å². The van der Waals surface area contributed by atoms with Gasteiger partial charge in [0.05, 0.1) is 0 Å². The Bertz CT molecular complexity index is 179. The highest BCUT2D eigenvalue weighted by atomic mass is 32.2. The minimum absolute atomic E-state index is 0.699. The summed E-state index contributed by atoms with van der Waals surface area (Å²) in [5.74, 6) is 2.91. The van der Waals surface area contributed by atoms with Crippen LogP contribution < -0.4 is 5.32 Å². The van der Waals surface area contributed by atoms with Crippen molar-refractivity contribution < 1.29 is 0 Å². The Labute approximate surface area is 99.8 Å². The molecule has 1 N–H and O–H groups in total. The van der Waals surface area contributed by atoms with Gasteiger partial charge in [-0.3, -0.25) is 0 Å². The number of rotatable bonds is 3. The van der Waals surface area contributed by atoms with Gasteiger partial charge in [0, 0.05) is 17.3 Å². The first-order valence-electron chi connectivity index (χ1n) is 6.38. The highest BCUT2D eigenvalue weighted by Gasteiger charge is 2.29. The lowest BCUT2D eigenvalue weighted by atomic mass is 9.94. The van der Waals surface area contributed by atoms with Crippen molar-refractivity contribution in [3.63, 3.8) is 0 Å². The summed E-state index contributed by atoms with van der Waals surface area (Å²) >= 11 is 2.18. The van der Waals surface area contributed by atoms with Gasteiger partial charge in [0.15, 0.2) is 0 Å². The van der Waals surface area contributed by atoms with Crippen molar-refractivity contribution >= 4 is 11.8 Å². The molecule has 0 aliphatic carbocycles. The van der Waals surface area contributed by atoms with Gasteiger partial charge < -0.3 is 5.32 Å². The van der Waals surface area contributed by atoms with Crippen LogP contribution in [0.15, 0.2) is 0 Å². The third-order valence-corrected chi connectivity index (χ3v) is 4.87. The second kappa shape index (κ2) is 6.15. The molecule has 0 amide bonds. The van der Waals surface area contributed by atoms with Crippen molar-refractivity contribution in [2.24, 2.45) is 11.8 Å². The summed E-state index contributed by atoms with van der Waals surface area (Å²) in [6.07, 6.45) is 2.64. The summed E-state index contributed by atoms with van der Waals surface area (Å²) in [6, 6.07) is 1.41. The topological polar surface area (TPSA) is 12.0 Å². The molecule has 0 aromatic heterocycles. The molecule has 0 bridgehead atoms. The first-order valence-corrected chi connectivity index (χ1v) is 7.43. The number of hydrogen-bond donors (Lipinski definition) is 1. The van der Waals surface area contributed by atoms with E-state index in [1.807, 2.05) is 0 Å². The predicted octanol–water partition coefficient (Wildman–Crippen LogP) is 3.54. The van der Waals surface area contributed by atoms with Gasteiger partial charge in [0.2, 0.25) is 0 Å². The highest BCUT2D eigenvalue weighted by Crippen LogP contribution is 2.30. The SMILES string of the molecule is CC(C)CC1NC(C)CCSC1C(C)C. The van der Waals surface area contributed by atoms with E-state index in [4.69, 9.17) is 0 Å². The summed E-state index contributed by atoms with van der Waals surface area (Å²) in [4.78, 5) is 0. The van der Waals surface area contributed by atoms with Crippen LogP contribution in [0.3, 0.4) is 0 Å². The molecule has 0 aromatic carbocycles. The quantitative estimate of drug-likeness (QED) is 0.794. The summed E-state index contributed by atoms with van der Waals surface area (Å²) in [5, 5.41) is 4.62. The van der Waals surface area contributed by atoms with Gasteiger partial charge >= 0.3 is 0 Å². The van der Waals surface area contributed by atoms with E-state index in [1.54, 1.807) is 0 Å². The monoisotopic (exact) mass is 229 g/mol. The Morgan fingerprint density at radius 1 is 1.27 bits per heavy atom. The molecule has 1 nitrogen and oxygen atoms in total. The number of thioether (sulfide) groups is 1. The molecular weight excluding hydrogens is 202 g/mol. The van der Waals surface area contributed by atoms with Gasteiger partial charge in [-0.05, 0) is 37.4 Å². The Balaban J connectivity index is 2.63. The molecule has 1 saturated heterocycles. The molecule has 3 unspecified atom stereocenters. The smallest absolute Gasteiger partial charge is 0.0224 e. The Kier molecular flexibility index (Phi) is 5.48. The highest BCUT2D eigenvalue weighted by molar-refractivity contribution is 7.99. The standard InChI is InChI=1S/C13H27NS/c1-9(2)8-12-13(10(3)4)15-7-6-11(5)14-12/h9-14H,6-8H2,1-5H3. The van der Waals surface area contributed by atoms with E-state index >= 15 is 0 Å².